The highest BCUT2D eigenvalue weighted by molar-refractivity contribution is 5.85. The topological polar surface area (TPSA) is 105 Å². The zero-order chi connectivity index (χ0) is 20.0. The molecule has 0 unspecified atom stereocenters. The van der Waals surface area contributed by atoms with Gasteiger partial charge >= 0.3 is 17.9 Å². The molecule has 2 fully saturated rings. The third kappa shape index (κ3) is 5.38. The number of hydrogen-bond acceptors (Lipinski definition) is 8. The zero-order valence-electron chi connectivity index (χ0n) is 15.9. The van der Waals surface area contributed by atoms with Gasteiger partial charge in [-0.1, -0.05) is 12.5 Å². The Morgan fingerprint density at radius 1 is 1.19 bits per heavy atom. The lowest BCUT2D eigenvalue weighted by Gasteiger charge is -2.46. The molecule has 0 amide bonds. The number of rotatable bonds is 5. The van der Waals surface area contributed by atoms with Gasteiger partial charge in [-0.25, -0.2) is 4.79 Å². The van der Waals surface area contributed by atoms with Gasteiger partial charge in [0.15, 0.2) is 0 Å². The van der Waals surface area contributed by atoms with Gasteiger partial charge in [0.25, 0.3) is 0 Å². The van der Waals surface area contributed by atoms with Crippen molar-refractivity contribution in [1.82, 2.24) is 0 Å². The minimum absolute atomic E-state index is 0.103. The van der Waals surface area contributed by atoms with E-state index in [1.54, 1.807) is 13.0 Å². The Morgan fingerprint density at radius 3 is 2.52 bits per heavy atom. The predicted octanol–water partition coefficient (Wildman–Crippen LogP) is 2.05. The Labute approximate surface area is 158 Å². The van der Waals surface area contributed by atoms with Gasteiger partial charge in [0.05, 0.1) is 12.5 Å². The van der Waals surface area contributed by atoms with E-state index >= 15 is 0 Å². The Balaban J connectivity index is 2.43. The van der Waals surface area contributed by atoms with Gasteiger partial charge in [-0.15, -0.1) is 0 Å². The van der Waals surface area contributed by atoms with Crippen LogP contribution >= 0.6 is 0 Å². The number of fused-ring (bicyclic) bond motifs is 1. The van der Waals surface area contributed by atoms with Crippen LogP contribution in [0.25, 0.3) is 0 Å². The summed E-state index contributed by atoms with van der Waals surface area (Å²) in [7, 11) is 0. The smallest absolute Gasteiger partial charge is 0.330 e. The summed E-state index contributed by atoms with van der Waals surface area (Å²) < 4.78 is 21.0. The molecule has 2 rings (SSSR count). The van der Waals surface area contributed by atoms with Gasteiger partial charge in [0.2, 0.25) is 12.6 Å². The fourth-order valence-corrected chi connectivity index (χ4v) is 3.82. The van der Waals surface area contributed by atoms with Crippen molar-refractivity contribution in [2.24, 2.45) is 11.3 Å². The van der Waals surface area contributed by atoms with Crippen molar-refractivity contribution in [1.29, 1.82) is 0 Å². The van der Waals surface area contributed by atoms with E-state index in [0.717, 1.165) is 6.42 Å². The lowest BCUT2D eigenvalue weighted by molar-refractivity contribution is -0.287. The molecule has 0 spiro atoms. The van der Waals surface area contributed by atoms with E-state index in [2.05, 4.69) is 0 Å². The SMILES string of the molecule is CCOC(=O)/C=C/[C@@]12CCCCC(=O)[C@@H]1[C@H](OC(C)=O)O[C@@H](OC(C)=O)C2. The van der Waals surface area contributed by atoms with Gasteiger partial charge in [0.1, 0.15) is 5.78 Å². The highest BCUT2D eigenvalue weighted by atomic mass is 16.8. The molecule has 0 aromatic rings. The summed E-state index contributed by atoms with van der Waals surface area (Å²) in [6.45, 7) is 4.39. The molecular weight excluding hydrogens is 356 g/mol. The number of esters is 3. The lowest BCUT2D eigenvalue weighted by Crippen LogP contribution is -2.53. The molecular formula is C19H26O8. The number of Topliss-reactive ketones (excluding diaryl/α,β-unsaturated/α-hetero) is 1. The van der Waals surface area contributed by atoms with Crippen LogP contribution in [0, 0.1) is 11.3 Å². The van der Waals surface area contributed by atoms with Crippen molar-refractivity contribution in [3.8, 4) is 0 Å². The van der Waals surface area contributed by atoms with Gasteiger partial charge in [-0.05, 0) is 19.8 Å². The summed E-state index contributed by atoms with van der Waals surface area (Å²) >= 11 is 0. The number of carbonyl (C=O) groups excluding carboxylic acids is 4. The third-order valence-electron chi connectivity index (χ3n) is 4.80. The standard InChI is InChI=1S/C19H26O8/c1-4-24-15(23)8-10-19-9-6-5-7-14(22)17(19)18(26-13(3)21)27-16(11-19)25-12(2)20/h8,10,16-18H,4-7,9,11H2,1-3H3/b10-8+/t16-,17-,18-,19-/m1/s1. The summed E-state index contributed by atoms with van der Waals surface area (Å²) in [5.74, 6) is -2.56. The number of allylic oxidation sites excluding steroid dienone is 1. The van der Waals surface area contributed by atoms with E-state index in [1.807, 2.05) is 0 Å². The molecule has 1 saturated carbocycles. The maximum Gasteiger partial charge on any atom is 0.330 e. The Kier molecular flexibility index (Phi) is 7.12. The van der Waals surface area contributed by atoms with Crippen LogP contribution in [0.15, 0.2) is 12.2 Å². The molecule has 0 aromatic carbocycles. The first-order valence-electron chi connectivity index (χ1n) is 9.16. The van der Waals surface area contributed by atoms with Crippen LogP contribution in [0.1, 0.15) is 52.9 Å². The average molecular weight is 382 g/mol. The normalized spacial score (nSPS) is 30.9. The summed E-state index contributed by atoms with van der Waals surface area (Å²) in [4.78, 5) is 47.6. The predicted molar refractivity (Wildman–Crippen MR) is 92.0 cm³/mol. The molecule has 8 nitrogen and oxygen atoms in total. The number of hydrogen-bond donors (Lipinski definition) is 0. The Bertz CT molecular complexity index is 625. The first-order valence-corrected chi connectivity index (χ1v) is 9.16. The van der Waals surface area contributed by atoms with Crippen molar-refractivity contribution in [2.75, 3.05) is 6.61 Å². The van der Waals surface area contributed by atoms with Crippen LogP contribution in [0.5, 0.6) is 0 Å². The molecule has 0 bridgehead atoms. The minimum Gasteiger partial charge on any atom is -0.463 e. The van der Waals surface area contributed by atoms with E-state index in [0.29, 0.717) is 19.3 Å². The first-order chi connectivity index (χ1) is 12.8. The zero-order valence-corrected chi connectivity index (χ0v) is 15.9. The lowest BCUT2D eigenvalue weighted by atomic mass is 9.67. The molecule has 1 aliphatic carbocycles. The second kappa shape index (κ2) is 9.12. The molecule has 4 atom stereocenters. The average Bonchev–Trinajstić information content (AvgIpc) is 2.72. The fourth-order valence-electron chi connectivity index (χ4n) is 3.82. The molecule has 1 aliphatic heterocycles. The van der Waals surface area contributed by atoms with Gasteiger partial charge < -0.3 is 18.9 Å². The monoisotopic (exact) mass is 382 g/mol. The summed E-state index contributed by atoms with van der Waals surface area (Å²) in [5, 5.41) is 0. The van der Waals surface area contributed by atoms with E-state index in [9.17, 15) is 19.2 Å². The van der Waals surface area contributed by atoms with Crippen LogP contribution in [-0.4, -0.2) is 42.9 Å². The minimum atomic E-state index is -1.18. The van der Waals surface area contributed by atoms with Crippen LogP contribution in [-0.2, 0) is 38.1 Å². The Hall–Kier alpha value is -2.22. The van der Waals surface area contributed by atoms with Crippen LogP contribution in [0.2, 0.25) is 0 Å². The summed E-state index contributed by atoms with van der Waals surface area (Å²) in [6, 6.07) is 0. The van der Waals surface area contributed by atoms with Crippen molar-refractivity contribution in [2.45, 2.75) is 65.5 Å². The van der Waals surface area contributed by atoms with Gasteiger partial charge in [0, 0.05) is 38.2 Å². The van der Waals surface area contributed by atoms with Crippen molar-refractivity contribution < 1.29 is 38.1 Å². The van der Waals surface area contributed by atoms with Gasteiger partial charge in [-0.3, -0.25) is 14.4 Å². The Morgan fingerprint density at radius 2 is 1.89 bits per heavy atom. The van der Waals surface area contributed by atoms with Crippen LogP contribution in [0.3, 0.4) is 0 Å². The molecule has 150 valence electrons. The van der Waals surface area contributed by atoms with Crippen molar-refractivity contribution >= 4 is 23.7 Å². The van der Waals surface area contributed by atoms with Crippen LogP contribution in [0.4, 0.5) is 0 Å². The quantitative estimate of drug-likeness (QED) is 0.404. The highest BCUT2D eigenvalue weighted by Crippen LogP contribution is 2.50. The number of ether oxygens (including phenoxy) is 4. The maximum atomic E-state index is 12.8. The second-order valence-electron chi connectivity index (χ2n) is 6.83. The van der Waals surface area contributed by atoms with Crippen LogP contribution < -0.4 is 0 Å². The summed E-state index contributed by atoms with van der Waals surface area (Å²) in [6.07, 6.45) is 3.28. The largest absolute Gasteiger partial charge is 0.463 e. The molecule has 1 saturated heterocycles. The maximum absolute atomic E-state index is 12.8. The number of ketones is 1. The number of carbonyl (C=O) groups is 4. The molecule has 0 N–H and O–H groups in total. The van der Waals surface area contributed by atoms with Crippen molar-refractivity contribution in [3.05, 3.63) is 12.2 Å². The molecule has 1 heterocycles. The molecule has 8 heteroatoms. The van der Waals surface area contributed by atoms with Crippen molar-refractivity contribution in [3.63, 3.8) is 0 Å². The molecule has 27 heavy (non-hydrogen) atoms. The van der Waals surface area contributed by atoms with Gasteiger partial charge in [-0.2, -0.15) is 0 Å². The van der Waals surface area contributed by atoms with E-state index in [-0.39, 0.29) is 18.8 Å². The fraction of sp³-hybridized carbons (Fsp3) is 0.684. The highest BCUT2D eigenvalue weighted by Gasteiger charge is 2.54. The van der Waals surface area contributed by atoms with E-state index in [1.165, 1.54) is 19.9 Å². The third-order valence-corrected chi connectivity index (χ3v) is 4.80. The van der Waals surface area contributed by atoms with E-state index in [4.69, 9.17) is 18.9 Å². The molecule has 0 aromatic heterocycles. The second-order valence-corrected chi connectivity index (χ2v) is 6.83. The first kappa shape index (κ1) is 21.1. The summed E-state index contributed by atoms with van der Waals surface area (Å²) in [5.41, 5.74) is -0.834. The van der Waals surface area contributed by atoms with E-state index < -0.39 is 41.8 Å². The molecule has 2 aliphatic rings. The molecule has 0 radical (unpaired) electrons.